The van der Waals surface area contributed by atoms with Gasteiger partial charge in [-0.25, -0.2) is 4.98 Å². The molecule has 1 saturated heterocycles. The molecule has 8 nitrogen and oxygen atoms in total. The van der Waals surface area contributed by atoms with Crippen LogP contribution in [0.3, 0.4) is 0 Å². The fourth-order valence-corrected chi connectivity index (χ4v) is 1.68. The number of piperidine rings is 1. The van der Waals surface area contributed by atoms with E-state index in [2.05, 4.69) is 20.6 Å². The van der Waals surface area contributed by atoms with Crippen molar-refractivity contribution in [3.05, 3.63) is 16.7 Å². The predicted molar refractivity (Wildman–Crippen MR) is 61.2 cm³/mol. The van der Waals surface area contributed by atoms with Gasteiger partial charge in [0.2, 0.25) is 17.6 Å². The molecule has 0 saturated carbocycles. The summed E-state index contributed by atoms with van der Waals surface area (Å²) < 4.78 is 4.91. The molecular formula is C10H12N4O4. The van der Waals surface area contributed by atoms with Crippen molar-refractivity contribution >= 4 is 17.6 Å². The Kier molecular flexibility index (Phi) is 3.26. The molecular weight excluding hydrogens is 240 g/mol. The van der Waals surface area contributed by atoms with Gasteiger partial charge in [-0.2, -0.15) is 0 Å². The molecule has 1 aromatic rings. The van der Waals surface area contributed by atoms with Crippen LogP contribution in [0.15, 0.2) is 11.1 Å². The van der Waals surface area contributed by atoms with Crippen LogP contribution < -0.4 is 20.9 Å². The minimum Gasteiger partial charge on any atom is -0.489 e. The first-order chi connectivity index (χ1) is 8.61. The van der Waals surface area contributed by atoms with Crippen LogP contribution in [0.5, 0.6) is 5.75 Å². The Hall–Kier alpha value is -2.38. The number of rotatable bonds is 3. The number of imide groups is 1. The van der Waals surface area contributed by atoms with Crippen molar-refractivity contribution in [2.24, 2.45) is 0 Å². The molecule has 0 aromatic carbocycles. The van der Waals surface area contributed by atoms with E-state index in [1.165, 1.54) is 13.4 Å². The fraction of sp³-hybridized carbons (Fsp3) is 0.400. The molecule has 1 aliphatic heterocycles. The van der Waals surface area contributed by atoms with Gasteiger partial charge in [0.15, 0.2) is 5.82 Å². The first-order valence-corrected chi connectivity index (χ1v) is 5.33. The second-order valence-corrected chi connectivity index (χ2v) is 3.76. The minimum absolute atomic E-state index is 0.00204. The van der Waals surface area contributed by atoms with Crippen LogP contribution in [0.2, 0.25) is 0 Å². The maximum absolute atomic E-state index is 11.5. The summed E-state index contributed by atoms with van der Waals surface area (Å²) in [5.74, 6) is -0.558. The van der Waals surface area contributed by atoms with Gasteiger partial charge in [-0.3, -0.25) is 19.7 Å². The summed E-state index contributed by atoms with van der Waals surface area (Å²) in [5, 5.41) is 5.00. The summed E-state index contributed by atoms with van der Waals surface area (Å²) in [4.78, 5) is 40.2. The van der Waals surface area contributed by atoms with Crippen LogP contribution in [0.25, 0.3) is 0 Å². The van der Waals surface area contributed by atoms with E-state index in [1.807, 2.05) is 0 Å². The number of aromatic nitrogens is 2. The molecule has 2 heterocycles. The van der Waals surface area contributed by atoms with Crippen LogP contribution in [-0.4, -0.2) is 34.9 Å². The first-order valence-electron chi connectivity index (χ1n) is 5.33. The van der Waals surface area contributed by atoms with Crippen LogP contribution in [0.1, 0.15) is 12.8 Å². The number of nitrogens with zero attached hydrogens (tertiary/aromatic N) is 1. The third-order valence-corrected chi connectivity index (χ3v) is 2.56. The van der Waals surface area contributed by atoms with Crippen molar-refractivity contribution in [2.75, 3.05) is 12.4 Å². The van der Waals surface area contributed by atoms with Crippen molar-refractivity contribution in [1.29, 1.82) is 0 Å². The highest BCUT2D eigenvalue weighted by atomic mass is 16.5. The average molecular weight is 252 g/mol. The first kappa shape index (κ1) is 12.1. The van der Waals surface area contributed by atoms with Crippen molar-refractivity contribution in [1.82, 2.24) is 15.3 Å². The zero-order valence-corrected chi connectivity index (χ0v) is 9.65. The number of carbonyl (C=O) groups excluding carboxylic acids is 2. The van der Waals surface area contributed by atoms with Crippen LogP contribution in [0, 0.1) is 0 Å². The van der Waals surface area contributed by atoms with E-state index >= 15 is 0 Å². The Morgan fingerprint density at radius 3 is 2.89 bits per heavy atom. The van der Waals surface area contributed by atoms with Gasteiger partial charge < -0.3 is 15.0 Å². The standard InChI is InChI=1S/C10H12N4O4/c1-18-7-8(11-4-12-10(7)17)13-5-2-3-6(15)14-9(5)16/h4-5H,2-3H2,1H3,(H,14,15,16)(H2,11,12,13,17). The third-order valence-electron chi connectivity index (χ3n) is 2.56. The van der Waals surface area contributed by atoms with Gasteiger partial charge in [0, 0.05) is 6.42 Å². The maximum Gasteiger partial charge on any atom is 0.295 e. The second kappa shape index (κ2) is 4.86. The van der Waals surface area contributed by atoms with Gasteiger partial charge in [-0.05, 0) is 6.42 Å². The van der Waals surface area contributed by atoms with Crippen LogP contribution >= 0.6 is 0 Å². The SMILES string of the molecule is COc1c(NC2CCC(=O)NC2=O)nc[nH]c1=O. The lowest BCUT2D eigenvalue weighted by Crippen LogP contribution is -2.47. The number of hydrogen-bond acceptors (Lipinski definition) is 6. The summed E-state index contributed by atoms with van der Waals surface area (Å²) in [5.41, 5.74) is -0.442. The molecule has 1 aromatic heterocycles. The Bertz CT molecular complexity index is 539. The molecule has 0 radical (unpaired) electrons. The quantitative estimate of drug-likeness (QED) is 0.594. The van der Waals surface area contributed by atoms with E-state index in [0.29, 0.717) is 6.42 Å². The lowest BCUT2D eigenvalue weighted by atomic mass is 10.1. The van der Waals surface area contributed by atoms with E-state index in [1.54, 1.807) is 0 Å². The monoisotopic (exact) mass is 252 g/mol. The lowest BCUT2D eigenvalue weighted by molar-refractivity contribution is -0.133. The zero-order valence-electron chi connectivity index (χ0n) is 9.65. The Morgan fingerprint density at radius 1 is 1.44 bits per heavy atom. The number of H-pyrrole nitrogens is 1. The van der Waals surface area contributed by atoms with Gasteiger partial charge >= 0.3 is 0 Å². The molecule has 18 heavy (non-hydrogen) atoms. The van der Waals surface area contributed by atoms with Gasteiger partial charge in [-0.1, -0.05) is 0 Å². The van der Waals surface area contributed by atoms with Gasteiger partial charge in [0.1, 0.15) is 6.04 Å². The number of hydrogen-bond donors (Lipinski definition) is 3. The topological polar surface area (TPSA) is 113 Å². The Morgan fingerprint density at radius 2 is 2.22 bits per heavy atom. The lowest BCUT2D eigenvalue weighted by Gasteiger charge is -2.22. The molecule has 1 unspecified atom stereocenters. The van der Waals surface area contributed by atoms with Crippen molar-refractivity contribution in [2.45, 2.75) is 18.9 Å². The Labute approximate surface area is 102 Å². The highest BCUT2D eigenvalue weighted by molar-refractivity contribution is 6.01. The van der Waals surface area contributed by atoms with Gasteiger partial charge in [0.25, 0.3) is 5.56 Å². The number of ether oxygens (including phenoxy) is 1. The molecule has 1 aliphatic rings. The number of nitrogens with one attached hydrogen (secondary N) is 3. The summed E-state index contributed by atoms with van der Waals surface area (Å²) >= 11 is 0. The third kappa shape index (κ3) is 2.31. The normalized spacial score (nSPS) is 19.3. The van der Waals surface area contributed by atoms with Crippen molar-refractivity contribution in [3.8, 4) is 5.75 Å². The molecule has 0 spiro atoms. The second-order valence-electron chi connectivity index (χ2n) is 3.76. The summed E-state index contributed by atoms with van der Waals surface area (Å²) in [7, 11) is 1.34. The number of methoxy groups -OCH3 is 1. The molecule has 2 rings (SSSR count). The minimum atomic E-state index is -0.606. The molecule has 1 atom stereocenters. The van der Waals surface area contributed by atoms with Gasteiger partial charge in [-0.15, -0.1) is 0 Å². The fourth-order valence-electron chi connectivity index (χ4n) is 1.68. The van der Waals surface area contributed by atoms with Crippen molar-refractivity contribution < 1.29 is 14.3 Å². The van der Waals surface area contributed by atoms with Crippen LogP contribution in [-0.2, 0) is 9.59 Å². The molecule has 0 bridgehead atoms. The molecule has 96 valence electrons. The number of anilines is 1. The number of amides is 2. The maximum atomic E-state index is 11.5. The summed E-state index contributed by atoms with van der Waals surface area (Å²) in [6.07, 6.45) is 1.80. The van der Waals surface area contributed by atoms with Crippen molar-refractivity contribution in [3.63, 3.8) is 0 Å². The molecule has 0 aliphatic carbocycles. The number of carbonyl (C=O) groups is 2. The largest absolute Gasteiger partial charge is 0.489 e. The van der Waals surface area contributed by atoms with E-state index < -0.39 is 17.5 Å². The average Bonchev–Trinajstić information content (AvgIpc) is 2.33. The summed E-state index contributed by atoms with van der Waals surface area (Å²) in [6.45, 7) is 0. The van der Waals surface area contributed by atoms with E-state index in [-0.39, 0.29) is 23.9 Å². The molecule has 8 heteroatoms. The number of aromatic amines is 1. The predicted octanol–water partition coefficient (Wildman–Crippen LogP) is -1.00. The summed E-state index contributed by atoms with van der Waals surface area (Å²) in [6, 6.07) is -0.606. The smallest absolute Gasteiger partial charge is 0.295 e. The van der Waals surface area contributed by atoms with Gasteiger partial charge in [0.05, 0.1) is 13.4 Å². The van der Waals surface area contributed by atoms with E-state index in [9.17, 15) is 14.4 Å². The van der Waals surface area contributed by atoms with E-state index in [4.69, 9.17) is 4.74 Å². The molecule has 1 fully saturated rings. The Balaban J connectivity index is 2.19. The highest BCUT2D eigenvalue weighted by Gasteiger charge is 2.27. The molecule has 2 amide bonds. The highest BCUT2D eigenvalue weighted by Crippen LogP contribution is 2.18. The van der Waals surface area contributed by atoms with E-state index in [0.717, 1.165) is 0 Å². The van der Waals surface area contributed by atoms with Crippen LogP contribution in [0.4, 0.5) is 5.82 Å². The molecule has 3 N–H and O–H groups in total. The zero-order chi connectivity index (χ0) is 13.1.